The summed E-state index contributed by atoms with van der Waals surface area (Å²) >= 11 is 0. The first-order chi connectivity index (χ1) is 8.09. The molecule has 0 bridgehead atoms. The van der Waals surface area contributed by atoms with Crippen LogP contribution in [0.15, 0.2) is 18.2 Å². The molecule has 17 heavy (non-hydrogen) atoms. The number of nitro benzene ring substituents is 1. The molecule has 1 aliphatic rings. The fraction of sp³-hybridized carbons (Fsp3) is 0.364. The van der Waals surface area contributed by atoms with E-state index in [9.17, 15) is 19.3 Å². The van der Waals surface area contributed by atoms with Gasteiger partial charge in [0.05, 0.1) is 4.92 Å². The molecule has 0 radical (unpaired) electrons. The highest BCUT2D eigenvalue weighted by Crippen LogP contribution is 2.32. The largest absolute Gasteiger partial charge is 0.363 e. The Bertz CT molecular complexity index is 466. The number of anilines is 1. The Morgan fingerprint density at radius 1 is 1.29 bits per heavy atom. The second kappa shape index (κ2) is 4.48. The normalized spacial score (nSPS) is 16.1. The molecule has 1 aliphatic heterocycles. The highest BCUT2D eigenvalue weighted by Gasteiger charge is 2.26. The van der Waals surface area contributed by atoms with Gasteiger partial charge in [0.2, 0.25) is 0 Å². The second-order valence-corrected chi connectivity index (χ2v) is 3.89. The predicted molar refractivity (Wildman–Crippen MR) is 59.5 cm³/mol. The number of piperidine rings is 1. The molecule has 0 N–H and O–H groups in total. The number of hydrogen-bond acceptors (Lipinski definition) is 4. The topological polar surface area (TPSA) is 63.5 Å². The van der Waals surface area contributed by atoms with E-state index >= 15 is 0 Å². The van der Waals surface area contributed by atoms with Gasteiger partial charge in [0.25, 0.3) is 5.69 Å². The minimum atomic E-state index is -0.617. The summed E-state index contributed by atoms with van der Waals surface area (Å²) in [6.07, 6.45) is 0.622. The summed E-state index contributed by atoms with van der Waals surface area (Å²) in [7, 11) is 0. The molecular formula is C11H11FN2O3. The second-order valence-electron chi connectivity index (χ2n) is 3.89. The summed E-state index contributed by atoms with van der Waals surface area (Å²) in [6, 6.07) is 3.78. The van der Waals surface area contributed by atoms with Gasteiger partial charge in [-0.2, -0.15) is 0 Å². The van der Waals surface area contributed by atoms with Gasteiger partial charge in [0, 0.05) is 32.0 Å². The van der Waals surface area contributed by atoms with Crippen molar-refractivity contribution >= 4 is 17.2 Å². The maximum absolute atomic E-state index is 13.7. The maximum Gasteiger partial charge on any atom is 0.295 e. The van der Waals surface area contributed by atoms with Crippen LogP contribution in [0.1, 0.15) is 12.8 Å². The zero-order chi connectivity index (χ0) is 12.4. The van der Waals surface area contributed by atoms with Crippen LogP contribution in [0.25, 0.3) is 0 Å². The molecule has 1 aromatic rings. The lowest BCUT2D eigenvalue weighted by atomic mass is 10.1. The smallest absolute Gasteiger partial charge is 0.295 e. The minimum absolute atomic E-state index is 0.00926. The minimum Gasteiger partial charge on any atom is -0.363 e. The van der Waals surface area contributed by atoms with Gasteiger partial charge in [-0.05, 0) is 6.07 Å². The maximum atomic E-state index is 13.7. The van der Waals surface area contributed by atoms with E-state index in [2.05, 4.69) is 0 Å². The number of nitrogens with zero attached hydrogens (tertiary/aromatic N) is 2. The van der Waals surface area contributed by atoms with Crippen molar-refractivity contribution in [2.75, 3.05) is 18.0 Å². The van der Waals surface area contributed by atoms with E-state index < -0.39 is 10.7 Å². The molecule has 0 saturated carbocycles. The predicted octanol–water partition coefficient (Wildman–Crippen LogP) is 1.90. The zero-order valence-electron chi connectivity index (χ0n) is 9.06. The Morgan fingerprint density at radius 2 is 1.94 bits per heavy atom. The molecular weight excluding hydrogens is 227 g/mol. The molecule has 1 heterocycles. The van der Waals surface area contributed by atoms with Gasteiger partial charge >= 0.3 is 0 Å². The van der Waals surface area contributed by atoms with Crippen molar-refractivity contribution < 1.29 is 14.1 Å². The van der Waals surface area contributed by atoms with Crippen LogP contribution in [-0.2, 0) is 4.79 Å². The number of ketones is 1. The Labute approximate surface area is 97.0 Å². The van der Waals surface area contributed by atoms with Crippen LogP contribution >= 0.6 is 0 Å². The monoisotopic (exact) mass is 238 g/mol. The van der Waals surface area contributed by atoms with Crippen LogP contribution in [-0.4, -0.2) is 23.8 Å². The highest BCUT2D eigenvalue weighted by molar-refractivity contribution is 5.81. The number of halogens is 1. The number of para-hydroxylation sites is 1. The molecule has 5 nitrogen and oxygen atoms in total. The first kappa shape index (κ1) is 11.5. The molecule has 0 aromatic heterocycles. The van der Waals surface area contributed by atoms with Crippen LogP contribution in [0, 0.1) is 15.9 Å². The number of hydrogen-bond donors (Lipinski definition) is 0. The van der Waals surface area contributed by atoms with E-state index in [4.69, 9.17) is 0 Å². The lowest BCUT2D eigenvalue weighted by molar-refractivity contribution is -0.384. The summed E-state index contributed by atoms with van der Waals surface area (Å²) in [4.78, 5) is 22.9. The van der Waals surface area contributed by atoms with Gasteiger partial charge < -0.3 is 4.90 Å². The van der Waals surface area contributed by atoms with E-state index in [0.717, 1.165) is 0 Å². The number of Topliss-reactive ketones (excluding diaryl/α,β-unsaturated/α-hetero) is 1. The van der Waals surface area contributed by atoms with Crippen LogP contribution in [0.3, 0.4) is 0 Å². The molecule has 1 aromatic carbocycles. The van der Waals surface area contributed by atoms with Gasteiger partial charge in [-0.3, -0.25) is 14.9 Å². The van der Waals surface area contributed by atoms with Crippen molar-refractivity contribution in [3.05, 3.63) is 34.1 Å². The summed E-state index contributed by atoms with van der Waals surface area (Å²) in [5.41, 5.74) is -0.260. The van der Waals surface area contributed by atoms with Crippen molar-refractivity contribution in [2.45, 2.75) is 12.8 Å². The lowest BCUT2D eigenvalue weighted by Crippen LogP contribution is -2.34. The molecule has 90 valence electrons. The van der Waals surface area contributed by atoms with Crippen LogP contribution in [0.2, 0.25) is 0 Å². The van der Waals surface area contributed by atoms with Crippen molar-refractivity contribution in [1.82, 2.24) is 0 Å². The third kappa shape index (κ3) is 2.25. The lowest BCUT2D eigenvalue weighted by Gasteiger charge is -2.27. The SMILES string of the molecule is O=C1CCN(c2c(F)cccc2[N+](=O)[O-])CC1. The molecule has 1 fully saturated rings. The van der Waals surface area contributed by atoms with E-state index in [1.807, 2.05) is 0 Å². The first-order valence-electron chi connectivity index (χ1n) is 5.29. The number of carbonyl (C=O) groups excluding carboxylic acids is 1. The molecule has 2 rings (SSSR count). The van der Waals surface area contributed by atoms with E-state index in [0.29, 0.717) is 25.9 Å². The Hall–Kier alpha value is -1.98. The van der Waals surface area contributed by atoms with Crippen LogP contribution in [0.5, 0.6) is 0 Å². The number of benzene rings is 1. The third-order valence-electron chi connectivity index (χ3n) is 2.80. The molecule has 1 saturated heterocycles. The highest BCUT2D eigenvalue weighted by atomic mass is 19.1. The molecule has 0 aliphatic carbocycles. The summed E-state index contributed by atoms with van der Waals surface area (Å²) in [5.74, 6) is -0.506. The molecule has 0 unspecified atom stereocenters. The zero-order valence-corrected chi connectivity index (χ0v) is 9.06. The van der Waals surface area contributed by atoms with Gasteiger partial charge in [-0.1, -0.05) is 6.07 Å². The quantitative estimate of drug-likeness (QED) is 0.583. The number of nitro groups is 1. The summed E-state index contributed by atoms with van der Waals surface area (Å²) in [5, 5.41) is 10.8. The summed E-state index contributed by atoms with van der Waals surface area (Å²) < 4.78 is 13.7. The number of rotatable bonds is 2. The first-order valence-corrected chi connectivity index (χ1v) is 5.29. The Morgan fingerprint density at radius 3 is 2.53 bits per heavy atom. The molecule has 0 spiro atoms. The average molecular weight is 238 g/mol. The van der Waals surface area contributed by atoms with E-state index in [-0.39, 0.29) is 17.2 Å². The van der Waals surface area contributed by atoms with Crippen molar-refractivity contribution in [1.29, 1.82) is 0 Å². The van der Waals surface area contributed by atoms with Crippen molar-refractivity contribution in [3.63, 3.8) is 0 Å². The third-order valence-corrected chi connectivity index (χ3v) is 2.80. The van der Waals surface area contributed by atoms with Gasteiger partial charge in [0.15, 0.2) is 11.5 Å². The van der Waals surface area contributed by atoms with Gasteiger partial charge in [-0.25, -0.2) is 4.39 Å². The summed E-state index contributed by atoms with van der Waals surface area (Å²) in [6.45, 7) is 0.668. The standard InChI is InChI=1S/C11H11FN2O3/c12-9-2-1-3-10(14(16)17)11(9)13-6-4-8(15)5-7-13/h1-3H,4-7H2. The Balaban J connectivity index is 2.36. The van der Waals surface area contributed by atoms with Crippen LogP contribution < -0.4 is 4.90 Å². The van der Waals surface area contributed by atoms with E-state index in [1.54, 1.807) is 4.90 Å². The molecule has 6 heteroatoms. The van der Waals surface area contributed by atoms with Gasteiger partial charge in [0.1, 0.15) is 5.78 Å². The van der Waals surface area contributed by atoms with Crippen molar-refractivity contribution in [3.8, 4) is 0 Å². The van der Waals surface area contributed by atoms with Crippen LogP contribution in [0.4, 0.5) is 15.8 Å². The van der Waals surface area contributed by atoms with Gasteiger partial charge in [-0.15, -0.1) is 0 Å². The molecule has 0 amide bonds. The van der Waals surface area contributed by atoms with Crippen molar-refractivity contribution in [2.24, 2.45) is 0 Å². The average Bonchev–Trinajstić information content (AvgIpc) is 2.30. The number of carbonyl (C=O) groups is 1. The fourth-order valence-electron chi connectivity index (χ4n) is 1.94. The fourth-order valence-corrected chi connectivity index (χ4v) is 1.94. The molecule has 0 atom stereocenters. The Kier molecular flexibility index (Phi) is 3.03. The van der Waals surface area contributed by atoms with E-state index in [1.165, 1.54) is 18.2 Å².